The molecule has 3 aromatic rings. The fraction of sp³-hybridized carbons (Fsp3) is 0.400. The first-order valence-corrected chi connectivity index (χ1v) is 14.4. The first kappa shape index (κ1) is 25.8. The van der Waals surface area contributed by atoms with Gasteiger partial charge in [-0.15, -0.1) is 0 Å². The third-order valence-electron chi connectivity index (χ3n) is 6.70. The van der Waals surface area contributed by atoms with Crippen molar-refractivity contribution in [2.24, 2.45) is 12.0 Å². The summed E-state index contributed by atoms with van der Waals surface area (Å²) in [6, 6.07) is 10.2. The van der Waals surface area contributed by atoms with Crippen molar-refractivity contribution >= 4 is 60.2 Å². The number of amides is 1. The predicted octanol–water partition coefficient (Wildman–Crippen LogP) is 4.51. The van der Waals surface area contributed by atoms with Crippen LogP contribution in [-0.2, 0) is 21.7 Å². The Balaban J connectivity index is 1.67. The molecule has 0 aliphatic carbocycles. The van der Waals surface area contributed by atoms with Gasteiger partial charge in [0.1, 0.15) is 0 Å². The molecule has 7 nitrogen and oxygen atoms in total. The number of quaternary nitrogens is 1. The molecule has 0 atom stereocenters. The molecular weight excluding hydrogens is 506 g/mol. The summed E-state index contributed by atoms with van der Waals surface area (Å²) in [5.74, 6) is -0.593. The number of halogens is 1. The first-order valence-electron chi connectivity index (χ1n) is 11.6. The number of likely N-dealkylation sites (tertiary alicyclic amines) is 1. The van der Waals surface area contributed by atoms with Crippen molar-refractivity contribution < 1.29 is 18.0 Å². The van der Waals surface area contributed by atoms with E-state index in [1.807, 2.05) is 0 Å². The molecule has 0 radical (unpaired) electrons. The van der Waals surface area contributed by atoms with Gasteiger partial charge in [0.2, 0.25) is 5.00 Å². The number of benzene rings is 2. The number of fused-ring (bicyclic) bond motifs is 1. The Bertz CT molecular complexity index is 1480. The Hall–Kier alpha value is -2.33. The van der Waals surface area contributed by atoms with Gasteiger partial charge in [0.25, 0.3) is 0 Å². The summed E-state index contributed by atoms with van der Waals surface area (Å²) >= 11 is 7.38. The minimum Gasteiger partial charge on any atom is -0.312 e. The lowest BCUT2D eigenvalue weighted by Gasteiger charge is -2.37. The van der Waals surface area contributed by atoms with E-state index < -0.39 is 9.84 Å². The molecular formula is C25H29ClN3O4S2+. The summed E-state index contributed by atoms with van der Waals surface area (Å²) in [4.78, 5) is 31.5. The first-order chi connectivity index (χ1) is 16.6. The third-order valence-corrected chi connectivity index (χ3v) is 10.0. The molecule has 0 unspecified atom stereocenters. The number of Topliss-reactive ketones (excluding diaryl/α,β-unsaturated/α-hetero) is 1. The SMILES string of the molecule is C/N=c1\sc([N+]2(C(=O)CCS(=O)(=O)c3ccc4cc(Cl)ccc4c3)CCCCC2)c(C(C)=O)n1C. The minimum absolute atomic E-state index is 0.00861. The lowest BCUT2D eigenvalue weighted by atomic mass is 10.1. The molecule has 35 heavy (non-hydrogen) atoms. The van der Waals surface area contributed by atoms with Crippen LogP contribution in [0, 0.1) is 0 Å². The molecule has 4 rings (SSSR count). The van der Waals surface area contributed by atoms with Crippen molar-refractivity contribution in [3.8, 4) is 0 Å². The third kappa shape index (κ3) is 4.87. The highest BCUT2D eigenvalue weighted by atomic mass is 35.5. The highest BCUT2D eigenvalue weighted by Crippen LogP contribution is 2.36. The van der Waals surface area contributed by atoms with Crippen LogP contribution in [0.3, 0.4) is 0 Å². The van der Waals surface area contributed by atoms with E-state index in [0.717, 1.165) is 30.0 Å². The maximum Gasteiger partial charge on any atom is 0.320 e. The Labute approximate surface area is 214 Å². The summed E-state index contributed by atoms with van der Waals surface area (Å²) in [6.07, 6.45) is 2.55. The van der Waals surface area contributed by atoms with Gasteiger partial charge >= 0.3 is 5.91 Å². The number of thiazole rings is 1. The van der Waals surface area contributed by atoms with Crippen molar-refractivity contribution in [3.63, 3.8) is 0 Å². The second kappa shape index (κ2) is 9.97. The second-order valence-corrected chi connectivity index (χ2v) is 12.5. The number of carbonyl (C=O) groups is 2. The van der Waals surface area contributed by atoms with Crippen molar-refractivity contribution in [1.82, 2.24) is 9.05 Å². The maximum absolute atomic E-state index is 13.8. The lowest BCUT2D eigenvalue weighted by Crippen LogP contribution is -2.57. The topological polar surface area (TPSA) is 85.6 Å². The van der Waals surface area contributed by atoms with Crippen molar-refractivity contribution in [2.45, 2.75) is 37.5 Å². The molecule has 1 aliphatic rings. The molecule has 1 fully saturated rings. The predicted molar refractivity (Wildman–Crippen MR) is 141 cm³/mol. The number of rotatable bonds is 6. The van der Waals surface area contributed by atoms with Gasteiger partial charge in [-0.05, 0) is 65.6 Å². The van der Waals surface area contributed by atoms with E-state index in [4.69, 9.17) is 11.6 Å². The van der Waals surface area contributed by atoms with Crippen LogP contribution >= 0.6 is 22.9 Å². The number of hydrogen-bond donors (Lipinski definition) is 0. The number of hydrogen-bond acceptors (Lipinski definition) is 6. The van der Waals surface area contributed by atoms with Crippen LogP contribution in [0.2, 0.25) is 5.02 Å². The Morgan fingerprint density at radius 2 is 1.74 bits per heavy atom. The van der Waals surface area contributed by atoms with Gasteiger partial charge in [-0.1, -0.05) is 23.7 Å². The zero-order valence-corrected chi connectivity index (χ0v) is 22.5. The van der Waals surface area contributed by atoms with E-state index in [1.165, 1.54) is 18.3 Å². The van der Waals surface area contributed by atoms with Gasteiger partial charge < -0.3 is 4.57 Å². The minimum atomic E-state index is -3.69. The summed E-state index contributed by atoms with van der Waals surface area (Å²) in [7, 11) is -0.252. The molecule has 186 valence electrons. The summed E-state index contributed by atoms with van der Waals surface area (Å²) < 4.78 is 28.1. The van der Waals surface area contributed by atoms with Crippen LogP contribution in [-0.4, -0.2) is 50.6 Å². The average Bonchev–Trinajstić information content (AvgIpc) is 3.19. The van der Waals surface area contributed by atoms with E-state index in [2.05, 4.69) is 4.99 Å². The smallest absolute Gasteiger partial charge is 0.312 e. The molecule has 0 N–H and O–H groups in total. The molecule has 0 bridgehead atoms. The molecule has 1 aromatic heterocycles. The highest BCUT2D eigenvalue weighted by molar-refractivity contribution is 7.91. The molecule has 0 spiro atoms. The van der Waals surface area contributed by atoms with Crippen molar-refractivity contribution in [2.75, 3.05) is 25.9 Å². The van der Waals surface area contributed by atoms with Crippen LogP contribution in [0.25, 0.3) is 10.8 Å². The van der Waals surface area contributed by atoms with E-state index in [1.54, 1.807) is 55.1 Å². The van der Waals surface area contributed by atoms with Crippen LogP contribution in [0.4, 0.5) is 5.00 Å². The van der Waals surface area contributed by atoms with Gasteiger partial charge in [-0.3, -0.25) is 9.79 Å². The normalized spacial score (nSPS) is 16.5. The van der Waals surface area contributed by atoms with E-state index in [0.29, 0.717) is 33.6 Å². The van der Waals surface area contributed by atoms with Gasteiger partial charge in [-0.2, -0.15) is 0 Å². The van der Waals surface area contributed by atoms with Crippen LogP contribution in [0.1, 0.15) is 43.1 Å². The maximum atomic E-state index is 13.8. The van der Waals surface area contributed by atoms with Crippen LogP contribution < -0.4 is 9.28 Å². The molecule has 1 aliphatic heterocycles. The Morgan fingerprint density at radius 1 is 1.09 bits per heavy atom. The number of nitrogens with zero attached hydrogens (tertiary/aromatic N) is 3. The fourth-order valence-electron chi connectivity index (χ4n) is 4.87. The Kier molecular flexibility index (Phi) is 7.33. The number of ketones is 1. The average molecular weight is 535 g/mol. The fourth-order valence-corrected chi connectivity index (χ4v) is 7.64. The number of carbonyl (C=O) groups excluding carboxylic acids is 2. The van der Waals surface area contributed by atoms with Gasteiger partial charge in [0.05, 0.1) is 30.2 Å². The molecule has 0 saturated carbocycles. The number of piperidine rings is 1. The number of sulfone groups is 1. The zero-order chi connectivity index (χ0) is 25.4. The Morgan fingerprint density at radius 3 is 2.40 bits per heavy atom. The van der Waals surface area contributed by atoms with Crippen LogP contribution in [0.5, 0.6) is 0 Å². The number of aromatic nitrogens is 1. The van der Waals surface area contributed by atoms with Crippen molar-refractivity contribution in [3.05, 3.63) is 51.9 Å². The standard InChI is InChI=1S/C25H29ClN3O4S2/c1-17(30)23-24(34-25(27-2)28(23)3)29(12-5-4-6-13-29)22(31)11-14-35(32,33)21-10-8-18-15-20(26)9-7-19(18)16-21/h7-10,15-16H,4-6,11-14H2,1-3H3/q+1/b27-25-. The van der Waals surface area contributed by atoms with Gasteiger partial charge in [0, 0.05) is 26.0 Å². The zero-order valence-electron chi connectivity index (χ0n) is 20.1. The quantitative estimate of drug-likeness (QED) is 0.344. The second-order valence-electron chi connectivity index (χ2n) is 8.97. The molecule has 1 amide bonds. The molecule has 2 heterocycles. The molecule has 1 saturated heterocycles. The van der Waals surface area contributed by atoms with Gasteiger partial charge in [0.15, 0.2) is 26.1 Å². The summed E-state index contributed by atoms with van der Waals surface area (Å²) in [5.41, 5.74) is 0.474. The van der Waals surface area contributed by atoms with Crippen molar-refractivity contribution in [1.29, 1.82) is 0 Å². The summed E-state index contributed by atoms with van der Waals surface area (Å²) in [5, 5.41) is 2.88. The molecule has 10 heteroatoms. The van der Waals surface area contributed by atoms with Gasteiger partial charge in [-0.25, -0.2) is 17.7 Å². The monoisotopic (exact) mass is 534 g/mol. The van der Waals surface area contributed by atoms with E-state index in [-0.39, 0.29) is 33.2 Å². The molecule has 2 aromatic carbocycles. The summed E-state index contributed by atoms with van der Waals surface area (Å²) in [6.45, 7) is 2.60. The van der Waals surface area contributed by atoms with Crippen LogP contribution in [0.15, 0.2) is 46.3 Å². The highest BCUT2D eigenvalue weighted by Gasteiger charge is 2.45. The van der Waals surface area contributed by atoms with E-state index in [9.17, 15) is 18.0 Å². The largest absolute Gasteiger partial charge is 0.320 e. The van der Waals surface area contributed by atoms with E-state index >= 15 is 0 Å². The lowest BCUT2D eigenvalue weighted by molar-refractivity contribution is -0.130.